The van der Waals surface area contributed by atoms with Crippen LogP contribution in [0.2, 0.25) is 0 Å². The zero-order valence-corrected chi connectivity index (χ0v) is 13.2. The van der Waals surface area contributed by atoms with E-state index in [1.54, 1.807) is 0 Å². The van der Waals surface area contributed by atoms with Gasteiger partial charge in [0.05, 0.1) is 17.8 Å². The Kier molecular flexibility index (Phi) is 3.92. The van der Waals surface area contributed by atoms with Gasteiger partial charge in [-0.15, -0.1) is 0 Å². The number of thiocarbonyl (C=S) groups is 1. The molecular formula is C16H20N4S. The Hall–Kier alpha value is -1.88. The highest BCUT2D eigenvalue weighted by Crippen LogP contribution is 2.38. The van der Waals surface area contributed by atoms with Gasteiger partial charge < -0.3 is 14.8 Å². The number of pyridine rings is 1. The summed E-state index contributed by atoms with van der Waals surface area (Å²) in [5.41, 5.74) is 2.31. The van der Waals surface area contributed by atoms with Gasteiger partial charge in [0.25, 0.3) is 0 Å². The van der Waals surface area contributed by atoms with Crippen LogP contribution in [-0.4, -0.2) is 26.1 Å². The summed E-state index contributed by atoms with van der Waals surface area (Å²) in [7, 11) is 2.05. The van der Waals surface area contributed by atoms with Crippen LogP contribution in [-0.2, 0) is 7.05 Å². The van der Waals surface area contributed by atoms with Crippen molar-refractivity contribution in [2.24, 2.45) is 7.05 Å². The number of aromatic nitrogens is 2. The number of nitrogens with zero attached hydrogens (tertiary/aromatic N) is 3. The lowest BCUT2D eigenvalue weighted by Gasteiger charge is -2.26. The Bertz CT molecular complexity index is 622. The van der Waals surface area contributed by atoms with Gasteiger partial charge in [0.15, 0.2) is 5.11 Å². The van der Waals surface area contributed by atoms with Crippen LogP contribution in [0.1, 0.15) is 36.7 Å². The minimum Gasteiger partial charge on any atom is -0.357 e. The van der Waals surface area contributed by atoms with Crippen molar-refractivity contribution >= 4 is 17.3 Å². The summed E-state index contributed by atoms with van der Waals surface area (Å²) in [6.07, 6.45) is 7.15. The summed E-state index contributed by atoms with van der Waals surface area (Å²) in [6, 6.07) is 8.50. The van der Waals surface area contributed by atoms with E-state index in [9.17, 15) is 0 Å². The molecule has 110 valence electrons. The van der Waals surface area contributed by atoms with Gasteiger partial charge in [-0.1, -0.05) is 13.0 Å². The molecule has 0 aliphatic carbocycles. The van der Waals surface area contributed by atoms with Crippen LogP contribution in [0.25, 0.3) is 0 Å². The fourth-order valence-corrected chi connectivity index (χ4v) is 3.28. The van der Waals surface area contributed by atoms with Crippen molar-refractivity contribution < 1.29 is 0 Å². The molecule has 0 bridgehead atoms. The van der Waals surface area contributed by atoms with E-state index in [0.717, 1.165) is 23.8 Å². The van der Waals surface area contributed by atoms with Crippen molar-refractivity contribution in [1.82, 2.24) is 19.8 Å². The highest BCUT2D eigenvalue weighted by atomic mass is 32.1. The van der Waals surface area contributed by atoms with Crippen LogP contribution in [0.15, 0.2) is 42.9 Å². The molecule has 1 aliphatic rings. The molecule has 2 atom stereocenters. The highest BCUT2D eigenvalue weighted by Gasteiger charge is 2.39. The minimum atomic E-state index is 0.104. The lowest BCUT2D eigenvalue weighted by molar-refractivity contribution is 0.317. The molecule has 0 aromatic carbocycles. The fourth-order valence-electron chi connectivity index (χ4n) is 2.95. The molecule has 1 N–H and O–H groups in total. The zero-order valence-electron chi connectivity index (χ0n) is 12.4. The standard InChI is InChI=1S/C16H20N4S/c1-3-9-20-15(12-7-10-19(2)11-12)14(18-16(20)21)13-6-4-5-8-17-13/h4-8,10-11,14-15H,3,9H2,1-2H3,(H,18,21)/t14-,15-/m1/s1. The summed E-state index contributed by atoms with van der Waals surface area (Å²) >= 11 is 5.55. The fraction of sp³-hybridized carbons (Fsp3) is 0.375. The van der Waals surface area contributed by atoms with Crippen LogP contribution in [0.4, 0.5) is 0 Å². The molecule has 5 heteroatoms. The molecule has 1 saturated heterocycles. The van der Waals surface area contributed by atoms with E-state index in [-0.39, 0.29) is 12.1 Å². The van der Waals surface area contributed by atoms with Crippen LogP contribution in [0.3, 0.4) is 0 Å². The largest absolute Gasteiger partial charge is 0.357 e. The monoisotopic (exact) mass is 300 g/mol. The number of aryl methyl sites for hydroxylation is 1. The molecule has 0 spiro atoms. The first-order chi connectivity index (χ1) is 10.2. The van der Waals surface area contributed by atoms with Gasteiger partial charge in [0.2, 0.25) is 0 Å². The summed E-state index contributed by atoms with van der Waals surface area (Å²) in [6.45, 7) is 3.13. The predicted octanol–water partition coefficient (Wildman–Crippen LogP) is 2.80. The quantitative estimate of drug-likeness (QED) is 0.880. The van der Waals surface area contributed by atoms with Crippen LogP contribution in [0, 0.1) is 0 Å². The number of hydrogen-bond donors (Lipinski definition) is 1. The van der Waals surface area contributed by atoms with E-state index >= 15 is 0 Å². The average molecular weight is 300 g/mol. The second kappa shape index (κ2) is 5.85. The van der Waals surface area contributed by atoms with Crippen molar-refractivity contribution in [2.75, 3.05) is 6.54 Å². The van der Waals surface area contributed by atoms with Crippen LogP contribution in [0.5, 0.6) is 0 Å². The van der Waals surface area contributed by atoms with E-state index in [0.29, 0.717) is 0 Å². The van der Waals surface area contributed by atoms with Crippen molar-refractivity contribution in [2.45, 2.75) is 25.4 Å². The van der Waals surface area contributed by atoms with Gasteiger partial charge in [0.1, 0.15) is 0 Å². The highest BCUT2D eigenvalue weighted by molar-refractivity contribution is 7.80. The zero-order chi connectivity index (χ0) is 14.8. The Morgan fingerprint density at radius 1 is 1.33 bits per heavy atom. The molecule has 0 saturated carbocycles. The first-order valence-electron chi connectivity index (χ1n) is 7.30. The summed E-state index contributed by atoms with van der Waals surface area (Å²) in [4.78, 5) is 6.80. The van der Waals surface area contributed by atoms with Gasteiger partial charge in [-0.25, -0.2) is 0 Å². The molecule has 1 fully saturated rings. The summed E-state index contributed by atoms with van der Waals surface area (Å²) in [5, 5.41) is 4.27. The summed E-state index contributed by atoms with van der Waals surface area (Å²) in [5.74, 6) is 0. The molecular weight excluding hydrogens is 280 g/mol. The van der Waals surface area contributed by atoms with E-state index in [1.807, 2.05) is 25.4 Å². The average Bonchev–Trinajstić information content (AvgIpc) is 3.05. The van der Waals surface area contributed by atoms with Crippen LogP contribution >= 0.6 is 12.2 Å². The first kappa shape index (κ1) is 14.1. The molecule has 0 unspecified atom stereocenters. The van der Waals surface area contributed by atoms with Crippen molar-refractivity contribution in [3.05, 3.63) is 54.1 Å². The van der Waals surface area contributed by atoms with Crippen molar-refractivity contribution in [3.8, 4) is 0 Å². The molecule has 0 radical (unpaired) electrons. The van der Waals surface area contributed by atoms with Gasteiger partial charge in [-0.3, -0.25) is 4.98 Å². The lowest BCUT2D eigenvalue weighted by Crippen LogP contribution is -2.30. The third-order valence-electron chi connectivity index (χ3n) is 3.86. The SMILES string of the molecule is CCCN1C(=S)N[C@H](c2ccccn2)[C@H]1c1ccn(C)c1. The topological polar surface area (TPSA) is 33.1 Å². The van der Waals surface area contributed by atoms with Crippen LogP contribution < -0.4 is 5.32 Å². The van der Waals surface area contributed by atoms with Gasteiger partial charge in [-0.05, 0) is 42.4 Å². The van der Waals surface area contributed by atoms with Crippen molar-refractivity contribution in [1.29, 1.82) is 0 Å². The van der Waals surface area contributed by atoms with Crippen molar-refractivity contribution in [3.63, 3.8) is 0 Å². The molecule has 4 nitrogen and oxygen atoms in total. The first-order valence-corrected chi connectivity index (χ1v) is 7.71. The van der Waals surface area contributed by atoms with Gasteiger partial charge in [-0.2, -0.15) is 0 Å². The number of nitrogens with one attached hydrogen (secondary N) is 1. The minimum absolute atomic E-state index is 0.104. The Morgan fingerprint density at radius 2 is 2.19 bits per heavy atom. The van der Waals surface area contributed by atoms with Gasteiger partial charge in [0, 0.05) is 32.2 Å². The summed E-state index contributed by atoms with van der Waals surface area (Å²) < 4.78 is 2.08. The molecule has 0 amide bonds. The maximum absolute atomic E-state index is 5.55. The molecule has 2 aromatic heterocycles. The normalized spacial score (nSPS) is 21.6. The molecule has 3 rings (SSSR count). The van der Waals surface area contributed by atoms with E-state index in [1.165, 1.54) is 5.56 Å². The maximum atomic E-state index is 5.55. The second-order valence-electron chi connectivity index (χ2n) is 5.43. The van der Waals surface area contributed by atoms with E-state index < -0.39 is 0 Å². The van der Waals surface area contributed by atoms with E-state index in [4.69, 9.17) is 12.2 Å². The molecule has 21 heavy (non-hydrogen) atoms. The molecule has 1 aliphatic heterocycles. The van der Waals surface area contributed by atoms with E-state index in [2.05, 4.69) is 51.2 Å². The maximum Gasteiger partial charge on any atom is 0.170 e. The third kappa shape index (κ3) is 2.65. The Morgan fingerprint density at radius 3 is 2.81 bits per heavy atom. The third-order valence-corrected chi connectivity index (χ3v) is 4.21. The number of hydrogen-bond acceptors (Lipinski definition) is 2. The van der Waals surface area contributed by atoms with Gasteiger partial charge >= 0.3 is 0 Å². The Labute approximate surface area is 130 Å². The number of rotatable bonds is 4. The second-order valence-corrected chi connectivity index (χ2v) is 5.82. The molecule has 3 heterocycles. The smallest absolute Gasteiger partial charge is 0.170 e. The lowest BCUT2D eigenvalue weighted by atomic mass is 9.99. The Balaban J connectivity index is 2.00. The predicted molar refractivity (Wildman–Crippen MR) is 87.9 cm³/mol. The molecule has 2 aromatic rings.